The fourth-order valence-electron chi connectivity index (χ4n) is 4.20. The second-order valence-electron chi connectivity index (χ2n) is 8.21. The van der Waals surface area contributed by atoms with Crippen LogP contribution in [0.2, 0.25) is 10.0 Å². The first kappa shape index (κ1) is 26.4. The van der Waals surface area contributed by atoms with Crippen molar-refractivity contribution in [2.75, 3.05) is 13.7 Å². The van der Waals surface area contributed by atoms with Gasteiger partial charge >= 0.3 is 5.97 Å². The van der Waals surface area contributed by atoms with Crippen LogP contribution in [-0.4, -0.2) is 42.1 Å². The van der Waals surface area contributed by atoms with Crippen molar-refractivity contribution in [3.8, 4) is 11.5 Å². The van der Waals surface area contributed by atoms with Gasteiger partial charge in [0.2, 0.25) is 10.0 Å². The number of hydrogen-bond donors (Lipinski definition) is 0. The van der Waals surface area contributed by atoms with E-state index in [4.69, 9.17) is 32.7 Å². The largest absolute Gasteiger partial charge is 0.465 e. The van der Waals surface area contributed by atoms with Crippen molar-refractivity contribution in [2.24, 2.45) is 0 Å². The molecule has 0 saturated heterocycles. The molecule has 1 aliphatic carbocycles. The number of fused-ring (bicyclic) bond motifs is 1. The molecule has 192 valence electrons. The van der Waals surface area contributed by atoms with Gasteiger partial charge in [-0.05, 0) is 56.5 Å². The van der Waals surface area contributed by atoms with E-state index in [9.17, 15) is 17.6 Å². The number of esters is 1. The van der Waals surface area contributed by atoms with Gasteiger partial charge in [-0.2, -0.15) is 9.40 Å². The highest BCUT2D eigenvalue weighted by Gasteiger charge is 2.35. The number of nitrogens with zero attached hydrogens (tertiary/aromatic N) is 3. The highest BCUT2D eigenvalue weighted by Crippen LogP contribution is 2.39. The van der Waals surface area contributed by atoms with E-state index in [-0.39, 0.29) is 39.6 Å². The van der Waals surface area contributed by atoms with Crippen LogP contribution in [0.1, 0.15) is 37.1 Å². The molecule has 0 amide bonds. The monoisotopic (exact) mass is 555 g/mol. The van der Waals surface area contributed by atoms with Crippen LogP contribution in [0.25, 0.3) is 0 Å². The molecule has 0 spiro atoms. The topological polar surface area (TPSA) is 90.7 Å². The number of halogens is 3. The van der Waals surface area contributed by atoms with Crippen LogP contribution in [0.3, 0.4) is 0 Å². The van der Waals surface area contributed by atoms with Crippen molar-refractivity contribution in [1.29, 1.82) is 0 Å². The SMILES string of the molecule is CCOC(=O)Cn1ncc2c1CCC[C@H]2N(C)S(=O)(=O)c1ccc(Oc2ccc(F)cc2Cl)cc1Cl. The lowest BCUT2D eigenvalue weighted by Gasteiger charge is -2.31. The van der Waals surface area contributed by atoms with Crippen LogP contribution in [0.15, 0.2) is 47.5 Å². The highest BCUT2D eigenvalue weighted by molar-refractivity contribution is 7.89. The molecule has 0 N–H and O–H groups in total. The number of hydrogen-bond acceptors (Lipinski definition) is 6. The Morgan fingerprint density at radius 1 is 1.22 bits per heavy atom. The first-order valence-corrected chi connectivity index (χ1v) is 13.4. The Labute approximate surface area is 218 Å². The zero-order valence-corrected chi connectivity index (χ0v) is 21.9. The summed E-state index contributed by atoms with van der Waals surface area (Å²) in [6.07, 6.45) is 3.61. The van der Waals surface area contributed by atoms with Crippen LogP contribution in [0.4, 0.5) is 4.39 Å². The van der Waals surface area contributed by atoms with Gasteiger partial charge in [-0.3, -0.25) is 9.48 Å². The number of carbonyl (C=O) groups is 1. The van der Waals surface area contributed by atoms with Crippen molar-refractivity contribution in [3.05, 3.63) is 69.7 Å². The van der Waals surface area contributed by atoms with E-state index >= 15 is 0 Å². The van der Waals surface area contributed by atoms with Gasteiger partial charge in [-0.25, -0.2) is 12.8 Å². The fourth-order valence-corrected chi connectivity index (χ4v) is 6.28. The molecule has 2 aromatic carbocycles. The van der Waals surface area contributed by atoms with Crippen molar-refractivity contribution >= 4 is 39.2 Å². The molecule has 1 aliphatic rings. The zero-order chi connectivity index (χ0) is 26.0. The fraction of sp³-hybridized carbons (Fsp3) is 0.333. The summed E-state index contributed by atoms with van der Waals surface area (Å²) < 4.78 is 53.8. The van der Waals surface area contributed by atoms with Gasteiger partial charge in [0.1, 0.15) is 28.8 Å². The summed E-state index contributed by atoms with van der Waals surface area (Å²) in [7, 11) is -2.50. The molecule has 0 saturated carbocycles. The Morgan fingerprint density at radius 3 is 2.69 bits per heavy atom. The molecule has 4 rings (SSSR count). The molecule has 8 nitrogen and oxygen atoms in total. The Kier molecular flexibility index (Phi) is 7.89. The molecular formula is C24H24Cl2FN3O5S. The number of ether oxygens (including phenoxy) is 2. The number of rotatable bonds is 8. The summed E-state index contributed by atoms with van der Waals surface area (Å²) >= 11 is 12.4. The Morgan fingerprint density at radius 2 is 2.00 bits per heavy atom. The van der Waals surface area contributed by atoms with Crippen LogP contribution < -0.4 is 4.74 Å². The summed E-state index contributed by atoms with van der Waals surface area (Å²) in [5.74, 6) is -0.457. The van der Waals surface area contributed by atoms with E-state index < -0.39 is 27.9 Å². The number of aromatic nitrogens is 2. The predicted octanol–water partition coefficient (Wildman–Crippen LogP) is 5.38. The molecule has 1 aromatic heterocycles. The first-order valence-electron chi connectivity index (χ1n) is 11.2. The molecule has 0 bridgehead atoms. The maximum atomic E-state index is 13.5. The van der Waals surface area contributed by atoms with Crippen molar-refractivity contribution in [1.82, 2.24) is 14.1 Å². The minimum Gasteiger partial charge on any atom is -0.465 e. The van der Waals surface area contributed by atoms with E-state index in [0.29, 0.717) is 12.8 Å². The molecule has 0 fully saturated rings. The molecule has 3 aromatic rings. The van der Waals surface area contributed by atoms with Gasteiger partial charge in [0.15, 0.2) is 0 Å². The number of sulfonamides is 1. The summed E-state index contributed by atoms with van der Waals surface area (Å²) in [5.41, 5.74) is 1.56. The average Bonchev–Trinajstić information content (AvgIpc) is 3.23. The Bertz CT molecular complexity index is 1400. The summed E-state index contributed by atoms with van der Waals surface area (Å²) in [5, 5.41) is 4.34. The second-order valence-corrected chi connectivity index (χ2v) is 11.0. The van der Waals surface area contributed by atoms with Crippen LogP contribution >= 0.6 is 23.2 Å². The third-order valence-corrected chi connectivity index (χ3v) is 8.58. The maximum Gasteiger partial charge on any atom is 0.327 e. The predicted molar refractivity (Wildman–Crippen MR) is 132 cm³/mol. The van der Waals surface area contributed by atoms with E-state index in [1.807, 2.05) is 0 Å². The highest BCUT2D eigenvalue weighted by atomic mass is 35.5. The van der Waals surface area contributed by atoms with Gasteiger partial charge in [0.25, 0.3) is 0 Å². The third-order valence-electron chi connectivity index (χ3n) is 5.94. The van der Waals surface area contributed by atoms with Crippen LogP contribution in [-0.2, 0) is 32.5 Å². The van der Waals surface area contributed by atoms with Crippen LogP contribution in [0.5, 0.6) is 11.5 Å². The summed E-state index contributed by atoms with van der Waals surface area (Å²) in [6.45, 7) is 1.97. The molecule has 0 radical (unpaired) electrons. The van der Waals surface area contributed by atoms with Crippen molar-refractivity contribution in [2.45, 2.75) is 43.7 Å². The van der Waals surface area contributed by atoms with Crippen molar-refractivity contribution in [3.63, 3.8) is 0 Å². The maximum absolute atomic E-state index is 13.5. The smallest absolute Gasteiger partial charge is 0.327 e. The lowest BCUT2D eigenvalue weighted by molar-refractivity contribution is -0.144. The second kappa shape index (κ2) is 10.8. The van der Waals surface area contributed by atoms with Gasteiger partial charge < -0.3 is 9.47 Å². The lowest BCUT2D eigenvalue weighted by atomic mass is 9.93. The average molecular weight is 556 g/mol. The van der Waals surface area contributed by atoms with E-state index in [1.54, 1.807) is 17.8 Å². The molecule has 1 atom stereocenters. The van der Waals surface area contributed by atoms with E-state index in [1.165, 1.54) is 41.7 Å². The Hall–Kier alpha value is -2.66. The standard InChI is InChI=1S/C24H24Cl2FN3O5S/c1-3-34-24(31)14-30-21-6-4-5-20(17(21)13-28-30)29(2)36(32,33)23-10-8-16(12-19(23)26)35-22-9-7-15(27)11-18(22)25/h7-13,20H,3-6,14H2,1-2H3/t20-/m1/s1. The lowest BCUT2D eigenvalue weighted by Crippen LogP contribution is -2.33. The molecule has 0 aliphatic heterocycles. The Balaban J connectivity index is 1.57. The van der Waals surface area contributed by atoms with Gasteiger partial charge in [0.05, 0.1) is 28.9 Å². The third kappa shape index (κ3) is 5.36. The molecule has 36 heavy (non-hydrogen) atoms. The minimum atomic E-state index is -4.00. The molecule has 12 heteroatoms. The van der Waals surface area contributed by atoms with E-state index in [0.717, 1.165) is 23.7 Å². The summed E-state index contributed by atoms with van der Waals surface area (Å²) in [6, 6.07) is 7.38. The van der Waals surface area contributed by atoms with Gasteiger partial charge in [-0.15, -0.1) is 0 Å². The van der Waals surface area contributed by atoms with Gasteiger partial charge in [-0.1, -0.05) is 23.2 Å². The summed E-state index contributed by atoms with van der Waals surface area (Å²) in [4.78, 5) is 11.8. The minimum absolute atomic E-state index is 0.0300. The number of benzene rings is 2. The molecular weight excluding hydrogens is 532 g/mol. The quantitative estimate of drug-likeness (QED) is 0.346. The van der Waals surface area contributed by atoms with Crippen molar-refractivity contribution < 1.29 is 27.1 Å². The normalized spacial score (nSPS) is 15.6. The zero-order valence-electron chi connectivity index (χ0n) is 19.6. The van der Waals surface area contributed by atoms with E-state index in [2.05, 4.69) is 5.10 Å². The molecule has 0 unspecified atom stereocenters. The first-order chi connectivity index (χ1) is 17.1. The van der Waals surface area contributed by atoms with Gasteiger partial charge in [0, 0.05) is 24.4 Å². The molecule has 1 heterocycles. The van der Waals surface area contributed by atoms with Crippen LogP contribution in [0, 0.1) is 5.82 Å². The number of carbonyl (C=O) groups excluding carboxylic acids is 1.